The van der Waals surface area contributed by atoms with E-state index in [4.69, 9.17) is 0 Å². The number of nitrogens with one attached hydrogen (secondary N) is 1. The number of hydrogen-bond acceptors (Lipinski definition) is 2. The highest BCUT2D eigenvalue weighted by Crippen LogP contribution is 2.25. The zero-order chi connectivity index (χ0) is 11.6. The summed E-state index contributed by atoms with van der Waals surface area (Å²) >= 11 is 0. The van der Waals surface area contributed by atoms with Crippen molar-refractivity contribution < 1.29 is 4.79 Å². The largest absolute Gasteiger partial charge is 0.348 e. The van der Waals surface area contributed by atoms with Crippen molar-refractivity contribution in [3.05, 3.63) is 42.2 Å². The Kier molecular flexibility index (Phi) is 2.60. The summed E-state index contributed by atoms with van der Waals surface area (Å²) in [5, 5.41) is 4.99. The summed E-state index contributed by atoms with van der Waals surface area (Å²) in [5.74, 6) is 0. The second-order valence-corrected chi connectivity index (χ2v) is 4.27. The molecule has 0 unspecified atom stereocenters. The summed E-state index contributed by atoms with van der Waals surface area (Å²) in [4.78, 5) is 15.0. The van der Waals surface area contributed by atoms with Crippen molar-refractivity contribution in [3.63, 3.8) is 0 Å². The standard InChI is InChI=1S/C13H14N2O/c1-13(2,15-9-16)12-11-6-4-3-5-10(11)7-8-14-12/h3-9H,1-2H3,(H,15,16). The molecule has 3 nitrogen and oxygen atoms in total. The van der Waals surface area contributed by atoms with Crippen LogP contribution in [0, 0.1) is 0 Å². The quantitative estimate of drug-likeness (QED) is 0.796. The number of nitrogens with zero attached hydrogens (tertiary/aromatic N) is 1. The molecule has 1 aromatic carbocycles. The molecule has 0 spiro atoms. The van der Waals surface area contributed by atoms with Crippen molar-refractivity contribution in [1.82, 2.24) is 10.3 Å². The Balaban J connectivity index is 2.64. The average Bonchev–Trinajstić information content (AvgIpc) is 2.28. The van der Waals surface area contributed by atoms with Crippen molar-refractivity contribution in [1.29, 1.82) is 0 Å². The van der Waals surface area contributed by atoms with E-state index in [-0.39, 0.29) is 0 Å². The third kappa shape index (κ3) is 1.76. The van der Waals surface area contributed by atoms with Gasteiger partial charge in [0.1, 0.15) is 0 Å². The van der Waals surface area contributed by atoms with Crippen LogP contribution < -0.4 is 5.32 Å². The van der Waals surface area contributed by atoms with Crippen molar-refractivity contribution in [2.45, 2.75) is 19.4 Å². The number of amides is 1. The van der Waals surface area contributed by atoms with Crippen LogP contribution in [0.1, 0.15) is 19.5 Å². The minimum atomic E-state index is -0.456. The Hall–Kier alpha value is -1.90. The molecule has 0 aliphatic rings. The Morgan fingerprint density at radius 2 is 2.00 bits per heavy atom. The van der Waals surface area contributed by atoms with E-state index in [1.165, 1.54) is 0 Å². The number of carbonyl (C=O) groups is 1. The summed E-state index contributed by atoms with van der Waals surface area (Å²) in [7, 11) is 0. The molecule has 0 saturated heterocycles. The van der Waals surface area contributed by atoms with E-state index < -0.39 is 5.54 Å². The first-order valence-electron chi connectivity index (χ1n) is 5.21. The molecule has 0 atom stereocenters. The maximum atomic E-state index is 10.6. The average molecular weight is 214 g/mol. The van der Waals surface area contributed by atoms with Crippen LogP contribution in [0.2, 0.25) is 0 Å². The zero-order valence-corrected chi connectivity index (χ0v) is 9.40. The Bertz CT molecular complexity index is 515. The van der Waals surface area contributed by atoms with Gasteiger partial charge in [0.25, 0.3) is 0 Å². The summed E-state index contributed by atoms with van der Waals surface area (Å²) in [6.07, 6.45) is 2.48. The molecule has 16 heavy (non-hydrogen) atoms. The van der Waals surface area contributed by atoms with E-state index in [2.05, 4.69) is 10.3 Å². The van der Waals surface area contributed by atoms with Gasteiger partial charge in [0.15, 0.2) is 0 Å². The topological polar surface area (TPSA) is 42.0 Å². The van der Waals surface area contributed by atoms with Gasteiger partial charge in [-0.25, -0.2) is 0 Å². The van der Waals surface area contributed by atoms with E-state index in [1.54, 1.807) is 6.20 Å². The van der Waals surface area contributed by atoms with Gasteiger partial charge in [-0.05, 0) is 25.3 Å². The predicted octanol–water partition coefficient (Wildman–Crippen LogP) is 2.22. The Morgan fingerprint density at radius 1 is 1.25 bits per heavy atom. The fourth-order valence-electron chi connectivity index (χ4n) is 1.83. The molecule has 3 heteroatoms. The second kappa shape index (κ2) is 3.93. The molecule has 2 aromatic rings. The van der Waals surface area contributed by atoms with Crippen LogP contribution in [0.3, 0.4) is 0 Å². The lowest BCUT2D eigenvalue weighted by Crippen LogP contribution is -2.36. The summed E-state index contributed by atoms with van der Waals surface area (Å²) < 4.78 is 0. The van der Waals surface area contributed by atoms with Gasteiger partial charge in [-0.15, -0.1) is 0 Å². The predicted molar refractivity (Wildman–Crippen MR) is 64.0 cm³/mol. The molecule has 0 fully saturated rings. The third-order valence-corrected chi connectivity index (χ3v) is 2.69. The highest BCUT2D eigenvalue weighted by atomic mass is 16.1. The lowest BCUT2D eigenvalue weighted by molar-refractivity contribution is -0.111. The van der Waals surface area contributed by atoms with Gasteiger partial charge in [0, 0.05) is 11.6 Å². The van der Waals surface area contributed by atoms with Crippen LogP contribution in [0.5, 0.6) is 0 Å². The van der Waals surface area contributed by atoms with Gasteiger partial charge in [0.2, 0.25) is 6.41 Å². The highest BCUT2D eigenvalue weighted by molar-refractivity contribution is 5.85. The molecule has 1 heterocycles. The number of carbonyl (C=O) groups excluding carboxylic acids is 1. The minimum absolute atomic E-state index is 0.456. The first-order chi connectivity index (χ1) is 7.65. The molecule has 0 radical (unpaired) electrons. The van der Waals surface area contributed by atoms with Crippen molar-refractivity contribution in [2.24, 2.45) is 0 Å². The van der Waals surface area contributed by atoms with Crippen LogP contribution >= 0.6 is 0 Å². The monoisotopic (exact) mass is 214 g/mol. The summed E-state index contributed by atoms with van der Waals surface area (Å²) in [6.45, 7) is 3.88. The van der Waals surface area contributed by atoms with Gasteiger partial charge in [-0.1, -0.05) is 24.3 Å². The molecule has 2 rings (SSSR count). The van der Waals surface area contributed by atoms with Crippen LogP contribution in [0.25, 0.3) is 10.8 Å². The molecule has 0 saturated carbocycles. The van der Waals surface area contributed by atoms with E-state index in [0.717, 1.165) is 16.5 Å². The highest BCUT2D eigenvalue weighted by Gasteiger charge is 2.22. The van der Waals surface area contributed by atoms with Crippen LogP contribution in [-0.4, -0.2) is 11.4 Å². The summed E-state index contributed by atoms with van der Waals surface area (Å²) in [6, 6.07) is 10.00. The number of hydrogen-bond donors (Lipinski definition) is 1. The number of aromatic nitrogens is 1. The van der Waals surface area contributed by atoms with E-state index in [0.29, 0.717) is 6.41 Å². The molecule has 0 bridgehead atoms. The fraction of sp³-hybridized carbons (Fsp3) is 0.231. The Morgan fingerprint density at radius 3 is 2.75 bits per heavy atom. The lowest BCUT2D eigenvalue weighted by atomic mass is 9.95. The third-order valence-electron chi connectivity index (χ3n) is 2.69. The van der Waals surface area contributed by atoms with E-state index >= 15 is 0 Å². The molecular weight excluding hydrogens is 200 g/mol. The van der Waals surface area contributed by atoms with Gasteiger partial charge >= 0.3 is 0 Å². The number of benzene rings is 1. The normalized spacial score (nSPS) is 11.4. The molecule has 0 aliphatic carbocycles. The van der Waals surface area contributed by atoms with Gasteiger partial charge < -0.3 is 5.32 Å². The molecule has 1 amide bonds. The van der Waals surface area contributed by atoms with Gasteiger partial charge in [-0.3, -0.25) is 9.78 Å². The zero-order valence-electron chi connectivity index (χ0n) is 9.40. The number of pyridine rings is 1. The van der Waals surface area contributed by atoms with Crippen LogP contribution in [0.4, 0.5) is 0 Å². The van der Waals surface area contributed by atoms with Crippen LogP contribution in [0.15, 0.2) is 36.5 Å². The maximum Gasteiger partial charge on any atom is 0.207 e. The molecular formula is C13H14N2O. The molecule has 1 N–H and O–H groups in total. The molecule has 1 aromatic heterocycles. The van der Waals surface area contributed by atoms with E-state index in [1.807, 2.05) is 44.2 Å². The van der Waals surface area contributed by atoms with Gasteiger partial charge in [0.05, 0.1) is 11.2 Å². The number of rotatable bonds is 3. The molecule has 82 valence electrons. The summed E-state index contributed by atoms with van der Waals surface area (Å²) in [5.41, 5.74) is 0.431. The fourth-order valence-corrected chi connectivity index (χ4v) is 1.83. The SMILES string of the molecule is CC(C)(NC=O)c1nccc2ccccc12. The maximum absolute atomic E-state index is 10.6. The minimum Gasteiger partial charge on any atom is -0.348 e. The molecule has 0 aliphatic heterocycles. The van der Waals surface area contributed by atoms with E-state index in [9.17, 15) is 4.79 Å². The van der Waals surface area contributed by atoms with Crippen molar-refractivity contribution in [2.75, 3.05) is 0 Å². The lowest BCUT2D eigenvalue weighted by Gasteiger charge is -2.24. The van der Waals surface area contributed by atoms with Crippen molar-refractivity contribution >= 4 is 17.2 Å². The second-order valence-electron chi connectivity index (χ2n) is 4.27. The smallest absolute Gasteiger partial charge is 0.207 e. The first kappa shape index (κ1) is 10.6. The number of fused-ring (bicyclic) bond motifs is 1. The van der Waals surface area contributed by atoms with Gasteiger partial charge in [-0.2, -0.15) is 0 Å². The van der Waals surface area contributed by atoms with Crippen LogP contribution in [-0.2, 0) is 10.3 Å². The first-order valence-corrected chi connectivity index (χ1v) is 5.21. The Labute approximate surface area is 94.5 Å². The van der Waals surface area contributed by atoms with Crippen molar-refractivity contribution in [3.8, 4) is 0 Å².